The summed E-state index contributed by atoms with van der Waals surface area (Å²) in [4.78, 5) is 30.4. The van der Waals surface area contributed by atoms with E-state index in [9.17, 15) is 19.8 Å². The molecule has 212 valence electrons. The zero-order valence-corrected chi connectivity index (χ0v) is 23.4. The molecule has 0 aliphatic heterocycles. The second kappa shape index (κ2) is 10.1. The summed E-state index contributed by atoms with van der Waals surface area (Å²) < 4.78 is 0. The highest BCUT2D eigenvalue weighted by Crippen LogP contribution is 2.64. The Bertz CT molecular complexity index is 1480. The number of pyridine rings is 1. The molecule has 4 aliphatic rings. The van der Waals surface area contributed by atoms with Crippen molar-refractivity contribution in [1.82, 2.24) is 10.3 Å². The third-order valence-electron chi connectivity index (χ3n) is 10.6. The highest BCUT2D eigenvalue weighted by Gasteiger charge is 2.65. The molecule has 7 rings (SSSR count). The summed E-state index contributed by atoms with van der Waals surface area (Å²) in [6.07, 6.45) is 11.4. The monoisotopic (exact) mass is 550 g/mol. The van der Waals surface area contributed by atoms with E-state index < -0.39 is 11.0 Å². The van der Waals surface area contributed by atoms with E-state index in [2.05, 4.69) is 34.6 Å². The average molecular weight is 551 g/mol. The van der Waals surface area contributed by atoms with E-state index in [0.717, 1.165) is 41.0 Å². The summed E-state index contributed by atoms with van der Waals surface area (Å²) >= 11 is 0. The van der Waals surface area contributed by atoms with Crippen LogP contribution >= 0.6 is 0 Å². The number of fused-ring (bicyclic) bond motifs is 1. The van der Waals surface area contributed by atoms with E-state index in [-0.39, 0.29) is 35.3 Å². The van der Waals surface area contributed by atoms with Gasteiger partial charge in [0.1, 0.15) is 11.5 Å². The van der Waals surface area contributed by atoms with Crippen molar-refractivity contribution < 1.29 is 19.8 Å². The van der Waals surface area contributed by atoms with Gasteiger partial charge in [0.05, 0.1) is 11.2 Å². The Labute approximate surface area is 241 Å². The molecule has 41 heavy (non-hydrogen) atoms. The van der Waals surface area contributed by atoms with Crippen LogP contribution in [0.15, 0.2) is 60.9 Å². The van der Waals surface area contributed by atoms with E-state index in [0.29, 0.717) is 50.1 Å². The molecule has 1 heterocycles. The summed E-state index contributed by atoms with van der Waals surface area (Å²) in [5, 5.41) is 27.0. The number of benzene rings is 2. The van der Waals surface area contributed by atoms with Gasteiger partial charge in [-0.1, -0.05) is 49.2 Å². The lowest BCUT2D eigenvalue weighted by Crippen LogP contribution is -2.66. The van der Waals surface area contributed by atoms with Crippen LogP contribution < -0.4 is 5.32 Å². The van der Waals surface area contributed by atoms with Crippen LogP contribution in [0.2, 0.25) is 0 Å². The fourth-order valence-corrected chi connectivity index (χ4v) is 8.41. The predicted molar refractivity (Wildman–Crippen MR) is 157 cm³/mol. The van der Waals surface area contributed by atoms with E-state index >= 15 is 0 Å². The number of ketones is 1. The van der Waals surface area contributed by atoms with Crippen molar-refractivity contribution in [3.8, 4) is 16.9 Å². The Morgan fingerprint density at radius 1 is 1.02 bits per heavy atom. The SMILES string of the molecule is O=C1CC[C@@]2(O)[C@H]3Cc4ccc(C(=O)NCCc5ccc(-c6cccnc6)cc5)c(O)c4[C@@]2(CCC3CC2CC2)C1. The van der Waals surface area contributed by atoms with Crippen LogP contribution in [0.25, 0.3) is 11.1 Å². The van der Waals surface area contributed by atoms with Gasteiger partial charge in [-0.2, -0.15) is 0 Å². The first-order valence-electron chi connectivity index (χ1n) is 15.2. The van der Waals surface area contributed by atoms with Gasteiger partial charge in [-0.25, -0.2) is 0 Å². The molecule has 6 nitrogen and oxygen atoms in total. The molecular formula is C35H38N2O4. The van der Waals surface area contributed by atoms with Gasteiger partial charge in [-0.05, 0) is 90.7 Å². The number of nitrogens with zero attached hydrogens (tertiary/aromatic N) is 1. The highest BCUT2D eigenvalue weighted by atomic mass is 16.3. The van der Waals surface area contributed by atoms with Crippen LogP contribution in [0.5, 0.6) is 5.75 Å². The molecule has 1 unspecified atom stereocenters. The normalized spacial score (nSPS) is 28.5. The van der Waals surface area contributed by atoms with E-state index in [4.69, 9.17) is 0 Å². The number of hydrogen-bond donors (Lipinski definition) is 3. The second-order valence-corrected chi connectivity index (χ2v) is 13.0. The van der Waals surface area contributed by atoms with Crippen molar-refractivity contribution in [2.45, 2.75) is 75.2 Å². The molecule has 2 bridgehead atoms. The van der Waals surface area contributed by atoms with Crippen LogP contribution in [0, 0.1) is 17.8 Å². The summed E-state index contributed by atoms with van der Waals surface area (Å²) in [7, 11) is 0. The number of aliphatic hydroxyl groups is 1. The Morgan fingerprint density at radius 2 is 1.85 bits per heavy atom. The topological polar surface area (TPSA) is 99.5 Å². The number of Topliss-reactive ketones (excluding diaryl/α,β-unsaturated/α-hetero) is 1. The van der Waals surface area contributed by atoms with Crippen LogP contribution in [0.3, 0.4) is 0 Å². The molecule has 6 heteroatoms. The van der Waals surface area contributed by atoms with Gasteiger partial charge in [0.2, 0.25) is 0 Å². The Kier molecular flexibility index (Phi) is 6.50. The third-order valence-corrected chi connectivity index (χ3v) is 10.6. The minimum Gasteiger partial charge on any atom is -0.507 e. The van der Waals surface area contributed by atoms with E-state index in [1.165, 1.54) is 12.8 Å². The van der Waals surface area contributed by atoms with Crippen molar-refractivity contribution in [3.05, 3.63) is 83.2 Å². The van der Waals surface area contributed by atoms with Crippen LogP contribution in [0.1, 0.15) is 78.4 Å². The number of amides is 1. The first-order chi connectivity index (χ1) is 19.9. The molecule has 3 N–H and O–H groups in total. The first-order valence-corrected chi connectivity index (χ1v) is 15.2. The molecular weight excluding hydrogens is 512 g/mol. The maximum Gasteiger partial charge on any atom is 0.255 e. The summed E-state index contributed by atoms with van der Waals surface area (Å²) in [6, 6.07) is 15.9. The minimum atomic E-state index is -1.01. The van der Waals surface area contributed by atoms with Crippen LogP contribution in [-0.2, 0) is 23.1 Å². The van der Waals surface area contributed by atoms with Crippen molar-refractivity contribution in [2.75, 3.05) is 6.54 Å². The molecule has 0 saturated heterocycles. The van der Waals surface area contributed by atoms with Gasteiger partial charge in [-0.3, -0.25) is 14.6 Å². The molecule has 4 aliphatic carbocycles. The van der Waals surface area contributed by atoms with Gasteiger partial charge in [0, 0.05) is 42.8 Å². The Hall–Kier alpha value is -3.51. The van der Waals surface area contributed by atoms with E-state index in [1.807, 2.05) is 24.4 Å². The maximum atomic E-state index is 13.3. The highest BCUT2D eigenvalue weighted by molar-refractivity contribution is 5.98. The number of nitrogens with one attached hydrogen (secondary N) is 1. The molecule has 1 aromatic heterocycles. The number of phenolic OH excluding ortho intramolecular Hbond substituents is 1. The number of aromatic hydroxyl groups is 1. The fourth-order valence-electron chi connectivity index (χ4n) is 8.41. The largest absolute Gasteiger partial charge is 0.507 e. The molecule has 3 aromatic rings. The zero-order valence-electron chi connectivity index (χ0n) is 23.4. The maximum absolute atomic E-state index is 13.3. The zero-order chi connectivity index (χ0) is 28.2. The summed E-state index contributed by atoms with van der Waals surface area (Å²) in [5.41, 5.74) is 3.32. The number of aromatic nitrogens is 1. The molecule has 4 atom stereocenters. The molecule has 3 fully saturated rings. The van der Waals surface area contributed by atoms with Crippen LogP contribution in [-0.4, -0.2) is 39.0 Å². The Balaban J connectivity index is 1.11. The quantitative estimate of drug-likeness (QED) is 0.359. The lowest BCUT2D eigenvalue weighted by Gasteiger charge is -2.62. The Morgan fingerprint density at radius 3 is 2.61 bits per heavy atom. The fraction of sp³-hybridized carbons (Fsp3) is 0.457. The van der Waals surface area contributed by atoms with Crippen molar-refractivity contribution in [3.63, 3.8) is 0 Å². The second-order valence-electron chi connectivity index (χ2n) is 13.0. The average Bonchev–Trinajstić information content (AvgIpc) is 3.80. The number of carbonyl (C=O) groups excluding carboxylic acids is 2. The molecule has 0 spiro atoms. The molecule has 3 saturated carbocycles. The van der Waals surface area contributed by atoms with Gasteiger partial charge in [0.15, 0.2) is 0 Å². The standard InChI is InChI=1S/C35H38N2O4/c38-28-12-15-35(41)30-19-26-9-10-29(32(39)31(26)34(35,20-28)14-11-25(30)18-23-3-4-23)33(40)37-17-13-22-5-7-24(8-6-22)27-2-1-16-36-21-27/h1-2,5-10,16,21,23,25,30,39,41H,3-4,11-15,17-20H2,(H,37,40)/t25?,30-,34+,35+/m0/s1. The van der Waals surface area contributed by atoms with Crippen LogP contribution in [0.4, 0.5) is 0 Å². The summed E-state index contributed by atoms with van der Waals surface area (Å²) in [6.45, 7) is 0.431. The van der Waals surface area contributed by atoms with Gasteiger partial charge < -0.3 is 15.5 Å². The lowest BCUT2D eigenvalue weighted by atomic mass is 9.43. The number of carbonyl (C=O) groups is 2. The first kappa shape index (κ1) is 26.4. The number of rotatable bonds is 7. The van der Waals surface area contributed by atoms with Crippen molar-refractivity contribution >= 4 is 11.7 Å². The molecule has 0 radical (unpaired) electrons. The van der Waals surface area contributed by atoms with Gasteiger partial charge in [-0.15, -0.1) is 0 Å². The van der Waals surface area contributed by atoms with Crippen molar-refractivity contribution in [2.24, 2.45) is 17.8 Å². The third kappa shape index (κ3) is 4.47. The van der Waals surface area contributed by atoms with Crippen molar-refractivity contribution in [1.29, 1.82) is 0 Å². The molecule has 1 amide bonds. The molecule has 2 aromatic carbocycles. The number of hydrogen-bond acceptors (Lipinski definition) is 5. The summed E-state index contributed by atoms with van der Waals surface area (Å²) in [5.74, 6) is 1.09. The predicted octanol–water partition coefficient (Wildman–Crippen LogP) is 5.53. The minimum absolute atomic E-state index is 0.0481. The van der Waals surface area contributed by atoms with Gasteiger partial charge in [0.25, 0.3) is 5.91 Å². The van der Waals surface area contributed by atoms with E-state index in [1.54, 1.807) is 12.3 Å². The smallest absolute Gasteiger partial charge is 0.255 e. The van der Waals surface area contributed by atoms with Gasteiger partial charge >= 0.3 is 0 Å². The lowest BCUT2D eigenvalue weighted by molar-refractivity contribution is -0.173. The number of phenols is 1.